The minimum atomic E-state index is -3.37. The van der Waals surface area contributed by atoms with Crippen LogP contribution in [0.4, 0.5) is 5.69 Å². The zero-order valence-electron chi connectivity index (χ0n) is 59.6. The molecule has 6 aliphatic heterocycles. The molecule has 11 rings (SSSR count). The second kappa shape index (κ2) is 28.5. The lowest BCUT2D eigenvalue weighted by atomic mass is 9.87. The molecule has 2 bridgehead atoms. The number of benzene rings is 5. The zero-order valence-corrected chi connectivity index (χ0v) is 62.6. The Balaban J connectivity index is 1.02. The van der Waals surface area contributed by atoms with Crippen LogP contribution in [0.5, 0.6) is 0 Å². The molecule has 0 aliphatic carbocycles. The van der Waals surface area contributed by atoms with Crippen LogP contribution in [0.1, 0.15) is 174 Å². The lowest BCUT2D eigenvalue weighted by Gasteiger charge is -2.51. The standard InChI is InChI=1S/C80H111NO11Si3/c1-15-93(16-2,17-3)90-69-54-77(14,72(91-95(75(10,11)12,64-40-29-21-30-41-64)65-42-31-22-32-43-65)67-45-49-79(86-67)47-33-44-66(85-79)60(6)73(83)81-61-34-23-18-24-35-61)89-71(69)68-55-78(57-84-94(74(7,8)9,62-36-25-19-26-37-62)63-38-27-20-28-39-63)50-51-80(87-68,92-78)70-46-48-76(13,88-70)53-58(4)52-59(5)56-82/h18-32,34-43,52,56,58,60,66-72H,15-17,33,44-51,53-55,57H2,1-14H3,(H,81,83)/b59-52+/t58?,60-,66+,67+,68?,69?,70?,71?,72?,76?,77?,78?,79+,80?/m1/s1. The van der Waals surface area contributed by atoms with Crippen molar-refractivity contribution in [1.82, 2.24) is 0 Å². The monoisotopic (exact) mass is 1350 g/mol. The molecule has 0 aromatic heterocycles. The molecule has 0 radical (unpaired) electrons. The van der Waals surface area contributed by atoms with Crippen LogP contribution in [0.3, 0.4) is 0 Å². The van der Waals surface area contributed by atoms with E-state index in [4.69, 9.17) is 41.7 Å². The van der Waals surface area contributed by atoms with Crippen molar-refractivity contribution in [3.8, 4) is 0 Å². The molecule has 14 atom stereocenters. The molecule has 12 nitrogen and oxygen atoms in total. The molecule has 0 saturated carbocycles. The predicted octanol–water partition coefficient (Wildman–Crippen LogP) is 15.3. The van der Waals surface area contributed by atoms with Gasteiger partial charge in [-0.1, -0.05) is 222 Å². The van der Waals surface area contributed by atoms with Crippen LogP contribution in [0.15, 0.2) is 163 Å². The zero-order chi connectivity index (χ0) is 67.7. The van der Waals surface area contributed by atoms with Crippen molar-refractivity contribution in [2.75, 3.05) is 11.9 Å². The van der Waals surface area contributed by atoms with Crippen molar-refractivity contribution in [3.63, 3.8) is 0 Å². The molecule has 5 aromatic rings. The van der Waals surface area contributed by atoms with Gasteiger partial charge in [-0.3, -0.25) is 9.59 Å². The average molecular weight is 1350 g/mol. The summed E-state index contributed by atoms with van der Waals surface area (Å²) in [6, 6.07) is 56.3. The van der Waals surface area contributed by atoms with Crippen LogP contribution in [0.2, 0.25) is 28.2 Å². The highest BCUT2D eigenvalue weighted by Crippen LogP contribution is 2.58. The molecule has 6 saturated heterocycles. The number of rotatable bonds is 25. The Morgan fingerprint density at radius 1 is 0.632 bits per heavy atom. The first-order valence-corrected chi connectivity index (χ1v) is 42.4. The first-order valence-electron chi connectivity index (χ1n) is 36.1. The molecule has 6 fully saturated rings. The fourth-order valence-corrected chi connectivity index (χ4v) is 30.1. The first-order chi connectivity index (χ1) is 45.2. The van der Waals surface area contributed by atoms with Gasteiger partial charge in [-0.2, -0.15) is 0 Å². The van der Waals surface area contributed by atoms with Crippen molar-refractivity contribution >= 4 is 63.6 Å². The number of allylic oxidation sites excluding steroid dienone is 2. The third-order valence-corrected chi connectivity index (χ3v) is 37.6. The summed E-state index contributed by atoms with van der Waals surface area (Å²) in [7, 11) is -8.86. The molecule has 15 heteroatoms. The summed E-state index contributed by atoms with van der Waals surface area (Å²) in [5, 5.41) is 7.27. The fraction of sp³-hybridized carbons (Fsp3) is 0.575. The average Bonchev–Trinajstić information content (AvgIpc) is 1.66. The van der Waals surface area contributed by atoms with Crippen molar-refractivity contribution < 1.29 is 51.3 Å². The largest absolute Gasteiger partial charge is 0.411 e. The number of carbonyl (C=O) groups is 2. The highest BCUT2D eigenvalue weighted by atomic mass is 28.4. The van der Waals surface area contributed by atoms with E-state index in [0.29, 0.717) is 51.6 Å². The summed E-state index contributed by atoms with van der Waals surface area (Å²) in [5.74, 6) is -2.45. The summed E-state index contributed by atoms with van der Waals surface area (Å²) in [6.45, 7) is 31.9. The van der Waals surface area contributed by atoms with Gasteiger partial charge in [0.25, 0.3) is 16.6 Å². The number of anilines is 1. The van der Waals surface area contributed by atoms with E-state index in [2.05, 4.69) is 216 Å². The van der Waals surface area contributed by atoms with Crippen LogP contribution in [-0.2, 0) is 51.3 Å². The van der Waals surface area contributed by atoms with Crippen LogP contribution in [0, 0.1) is 11.8 Å². The van der Waals surface area contributed by atoms with Crippen LogP contribution >= 0.6 is 0 Å². The quantitative estimate of drug-likeness (QED) is 0.0341. The number of ether oxygens (including phenoxy) is 6. The first kappa shape index (κ1) is 71.6. The molecule has 1 amide bonds. The predicted molar refractivity (Wildman–Crippen MR) is 387 cm³/mol. The lowest BCUT2D eigenvalue weighted by Crippen LogP contribution is -2.70. The number of amides is 1. The molecule has 95 heavy (non-hydrogen) atoms. The number of fused-ring (bicyclic) bond motifs is 2. The van der Waals surface area contributed by atoms with E-state index in [0.717, 1.165) is 67.8 Å². The van der Waals surface area contributed by atoms with Gasteiger partial charge in [0.1, 0.15) is 24.6 Å². The number of hydrogen-bond donors (Lipinski definition) is 1. The van der Waals surface area contributed by atoms with Crippen LogP contribution in [-0.4, -0.2) is 115 Å². The highest BCUT2D eigenvalue weighted by molar-refractivity contribution is 7.00. The fourth-order valence-electron chi connectivity index (χ4n) is 17.9. The van der Waals surface area contributed by atoms with Gasteiger partial charge in [-0.25, -0.2) is 0 Å². The van der Waals surface area contributed by atoms with Crippen molar-refractivity contribution in [1.29, 1.82) is 0 Å². The molecule has 5 aromatic carbocycles. The maximum Gasteiger partial charge on any atom is 0.261 e. The third kappa shape index (κ3) is 14.4. The lowest BCUT2D eigenvalue weighted by molar-refractivity contribution is -0.368. The van der Waals surface area contributed by atoms with Crippen molar-refractivity contribution in [2.45, 2.75) is 273 Å². The molecule has 1 spiro atoms. The van der Waals surface area contributed by atoms with Gasteiger partial charge in [0.15, 0.2) is 19.9 Å². The number of hydrogen-bond acceptors (Lipinski definition) is 11. The van der Waals surface area contributed by atoms with Crippen molar-refractivity contribution in [3.05, 3.63) is 163 Å². The highest BCUT2D eigenvalue weighted by Gasteiger charge is 2.68. The van der Waals surface area contributed by atoms with Gasteiger partial charge in [0.2, 0.25) is 5.91 Å². The molecule has 1 N–H and O–H groups in total. The van der Waals surface area contributed by atoms with E-state index >= 15 is 0 Å². The van der Waals surface area contributed by atoms with Crippen LogP contribution < -0.4 is 26.1 Å². The smallest absolute Gasteiger partial charge is 0.261 e. The molecular formula is C80H111NO11Si3. The minimum Gasteiger partial charge on any atom is -0.411 e. The Morgan fingerprint density at radius 2 is 1.17 bits per heavy atom. The maximum absolute atomic E-state index is 14.1. The number of aldehydes is 1. The van der Waals surface area contributed by atoms with Gasteiger partial charge in [-0.15, -0.1) is 0 Å². The number of para-hydroxylation sites is 1. The Hall–Kier alpha value is -4.73. The third-order valence-electron chi connectivity index (χ3n) is 22.9. The Kier molecular flexibility index (Phi) is 21.5. The molecular weight excluding hydrogens is 1240 g/mol. The Labute approximate surface area is 572 Å². The van der Waals surface area contributed by atoms with Gasteiger partial charge >= 0.3 is 0 Å². The van der Waals surface area contributed by atoms with Crippen molar-refractivity contribution in [2.24, 2.45) is 11.8 Å². The second-order valence-electron chi connectivity index (χ2n) is 31.7. The summed E-state index contributed by atoms with van der Waals surface area (Å²) in [5.41, 5.74) is -0.809. The second-order valence-corrected chi connectivity index (χ2v) is 45.0. The van der Waals surface area contributed by atoms with E-state index in [1.807, 2.05) is 44.2 Å². The SMILES string of the molecule is CC[Si](CC)(CC)OC1CC(C)(C(O[Si](c2ccccc2)(c2ccccc2)C(C)(C)C)[C@@H]2CC[C@]3(CCC[C@@H]([C@@H](C)C(=O)Nc4ccccc4)O3)O2)OC1C1CC2(CO[Si](c3ccccc3)(c3ccccc3)C(C)(C)C)CCC(C3CCC(C)(CC(C)/C=C(\C)C=O)O3)(O1)O2. The molecule has 514 valence electrons. The summed E-state index contributed by atoms with van der Waals surface area (Å²) < 4.78 is 71.2. The van der Waals surface area contributed by atoms with E-state index in [-0.39, 0.29) is 34.1 Å². The minimum absolute atomic E-state index is 0.0703. The maximum atomic E-state index is 14.1. The number of carbonyl (C=O) groups excluding carboxylic acids is 2. The van der Waals surface area contributed by atoms with Gasteiger partial charge in [-0.05, 0) is 138 Å². The summed E-state index contributed by atoms with van der Waals surface area (Å²) in [6.07, 6.45) is 7.98. The molecule has 6 aliphatic rings. The summed E-state index contributed by atoms with van der Waals surface area (Å²) in [4.78, 5) is 26.0. The van der Waals surface area contributed by atoms with Crippen LogP contribution in [0.25, 0.3) is 0 Å². The van der Waals surface area contributed by atoms with E-state index in [9.17, 15) is 9.59 Å². The van der Waals surface area contributed by atoms with Gasteiger partial charge in [0, 0.05) is 37.8 Å². The van der Waals surface area contributed by atoms with E-state index < -0.39 is 89.8 Å². The van der Waals surface area contributed by atoms with Gasteiger partial charge in [0.05, 0.1) is 53.7 Å². The molecule has 10 unspecified atom stereocenters. The number of nitrogens with one attached hydrogen (secondary N) is 1. The van der Waals surface area contributed by atoms with E-state index in [1.54, 1.807) is 0 Å². The normalized spacial score (nSPS) is 30.9. The molecule has 6 heterocycles. The summed E-state index contributed by atoms with van der Waals surface area (Å²) >= 11 is 0. The van der Waals surface area contributed by atoms with E-state index in [1.165, 1.54) is 20.7 Å². The Morgan fingerprint density at radius 3 is 1.71 bits per heavy atom. The topological polar surface area (TPSA) is 129 Å². The van der Waals surface area contributed by atoms with Gasteiger partial charge < -0.3 is 47.0 Å². The Bertz CT molecular complexity index is 3300.